The van der Waals surface area contributed by atoms with Crippen molar-refractivity contribution in [2.45, 2.75) is 19.5 Å². The van der Waals surface area contributed by atoms with Crippen molar-refractivity contribution in [3.8, 4) is 5.75 Å². The predicted molar refractivity (Wildman–Crippen MR) is 76.9 cm³/mol. The SMILES string of the molecule is COc1ccc(C(C)NCc2sccc2N)cc1F. The second kappa shape index (κ2) is 6.04. The van der Waals surface area contributed by atoms with E-state index in [1.165, 1.54) is 13.2 Å². The minimum atomic E-state index is -0.343. The monoisotopic (exact) mass is 280 g/mol. The molecule has 2 rings (SSSR count). The number of benzene rings is 1. The van der Waals surface area contributed by atoms with Gasteiger partial charge in [0.05, 0.1) is 7.11 Å². The number of hydrogen-bond acceptors (Lipinski definition) is 4. The van der Waals surface area contributed by atoms with E-state index in [-0.39, 0.29) is 17.6 Å². The summed E-state index contributed by atoms with van der Waals surface area (Å²) >= 11 is 1.61. The van der Waals surface area contributed by atoms with Crippen LogP contribution >= 0.6 is 11.3 Å². The third kappa shape index (κ3) is 3.24. The third-order valence-electron chi connectivity index (χ3n) is 3.02. The number of methoxy groups -OCH3 is 1. The molecule has 1 unspecified atom stereocenters. The molecule has 0 saturated heterocycles. The molecule has 0 aliphatic carbocycles. The second-order valence-electron chi connectivity index (χ2n) is 4.30. The summed E-state index contributed by atoms with van der Waals surface area (Å²) in [4.78, 5) is 1.10. The summed E-state index contributed by atoms with van der Waals surface area (Å²) in [6.07, 6.45) is 0. The molecule has 3 nitrogen and oxygen atoms in total. The average Bonchev–Trinajstić information content (AvgIpc) is 2.81. The summed E-state index contributed by atoms with van der Waals surface area (Å²) in [6.45, 7) is 2.67. The first-order chi connectivity index (χ1) is 9.11. The van der Waals surface area contributed by atoms with Crippen molar-refractivity contribution in [2.24, 2.45) is 0 Å². The zero-order chi connectivity index (χ0) is 13.8. The number of hydrogen-bond donors (Lipinski definition) is 2. The molecule has 5 heteroatoms. The van der Waals surface area contributed by atoms with Gasteiger partial charge in [-0.1, -0.05) is 6.07 Å². The molecule has 0 amide bonds. The van der Waals surface area contributed by atoms with Crippen LogP contribution in [-0.4, -0.2) is 7.11 Å². The lowest BCUT2D eigenvalue weighted by Gasteiger charge is -2.15. The quantitative estimate of drug-likeness (QED) is 0.883. The van der Waals surface area contributed by atoms with Crippen LogP contribution in [0.3, 0.4) is 0 Å². The molecule has 1 atom stereocenters. The van der Waals surface area contributed by atoms with Crippen LogP contribution in [0.2, 0.25) is 0 Å². The summed E-state index contributed by atoms with van der Waals surface area (Å²) in [5.74, 6) is -0.0808. The molecule has 0 bridgehead atoms. The number of halogens is 1. The number of nitrogens with two attached hydrogens (primary N) is 1. The molecule has 0 fully saturated rings. The van der Waals surface area contributed by atoms with E-state index in [4.69, 9.17) is 10.5 Å². The van der Waals surface area contributed by atoms with Crippen molar-refractivity contribution in [1.29, 1.82) is 0 Å². The molecule has 102 valence electrons. The second-order valence-corrected chi connectivity index (χ2v) is 5.30. The Labute approximate surface area is 116 Å². The molecule has 0 radical (unpaired) electrons. The van der Waals surface area contributed by atoms with Gasteiger partial charge in [0.2, 0.25) is 0 Å². The Morgan fingerprint density at radius 1 is 1.42 bits per heavy atom. The van der Waals surface area contributed by atoms with Crippen LogP contribution in [0.1, 0.15) is 23.4 Å². The van der Waals surface area contributed by atoms with Gasteiger partial charge >= 0.3 is 0 Å². The minimum Gasteiger partial charge on any atom is -0.494 e. The number of nitrogens with one attached hydrogen (secondary N) is 1. The van der Waals surface area contributed by atoms with Gasteiger partial charge in [-0.25, -0.2) is 4.39 Å². The molecule has 1 aromatic heterocycles. The number of thiophene rings is 1. The lowest BCUT2D eigenvalue weighted by Crippen LogP contribution is -2.18. The van der Waals surface area contributed by atoms with E-state index in [0.29, 0.717) is 6.54 Å². The van der Waals surface area contributed by atoms with Crippen LogP contribution in [-0.2, 0) is 6.54 Å². The smallest absolute Gasteiger partial charge is 0.165 e. The number of nitrogen functional groups attached to an aromatic ring is 1. The van der Waals surface area contributed by atoms with Crippen LogP contribution < -0.4 is 15.8 Å². The van der Waals surface area contributed by atoms with E-state index >= 15 is 0 Å². The zero-order valence-electron chi connectivity index (χ0n) is 10.9. The highest BCUT2D eigenvalue weighted by Crippen LogP contribution is 2.23. The molecule has 3 N–H and O–H groups in total. The van der Waals surface area contributed by atoms with Gasteiger partial charge in [-0.15, -0.1) is 11.3 Å². The van der Waals surface area contributed by atoms with E-state index in [2.05, 4.69) is 5.32 Å². The number of ether oxygens (including phenoxy) is 1. The van der Waals surface area contributed by atoms with Crippen molar-refractivity contribution >= 4 is 17.0 Å². The van der Waals surface area contributed by atoms with Gasteiger partial charge in [0, 0.05) is 23.2 Å². The maximum Gasteiger partial charge on any atom is 0.165 e. The lowest BCUT2D eigenvalue weighted by atomic mass is 10.1. The van der Waals surface area contributed by atoms with E-state index in [1.807, 2.05) is 24.4 Å². The number of rotatable bonds is 5. The average molecular weight is 280 g/mol. The Bertz CT molecular complexity index is 556. The van der Waals surface area contributed by atoms with Gasteiger partial charge in [0.15, 0.2) is 11.6 Å². The van der Waals surface area contributed by atoms with Crippen molar-refractivity contribution in [2.75, 3.05) is 12.8 Å². The maximum absolute atomic E-state index is 13.6. The van der Waals surface area contributed by atoms with E-state index < -0.39 is 0 Å². The highest BCUT2D eigenvalue weighted by Gasteiger charge is 2.10. The Kier molecular flexibility index (Phi) is 4.39. The fraction of sp³-hybridized carbons (Fsp3) is 0.286. The van der Waals surface area contributed by atoms with Gasteiger partial charge in [0.25, 0.3) is 0 Å². The molecular formula is C14H17FN2OS. The van der Waals surface area contributed by atoms with Crippen molar-refractivity contribution in [1.82, 2.24) is 5.32 Å². The standard InChI is InChI=1S/C14H17FN2OS/c1-9(17-8-14-12(16)5-6-19-14)10-3-4-13(18-2)11(15)7-10/h3-7,9,17H,8,16H2,1-2H3. The van der Waals surface area contributed by atoms with Crippen LogP contribution in [0.4, 0.5) is 10.1 Å². The highest BCUT2D eigenvalue weighted by atomic mass is 32.1. The van der Waals surface area contributed by atoms with Crippen molar-refractivity contribution in [3.63, 3.8) is 0 Å². The highest BCUT2D eigenvalue weighted by molar-refractivity contribution is 7.10. The lowest BCUT2D eigenvalue weighted by molar-refractivity contribution is 0.385. The largest absolute Gasteiger partial charge is 0.494 e. The van der Waals surface area contributed by atoms with Crippen molar-refractivity contribution < 1.29 is 9.13 Å². The molecule has 19 heavy (non-hydrogen) atoms. The van der Waals surface area contributed by atoms with E-state index in [0.717, 1.165) is 16.1 Å². The summed E-state index contributed by atoms with van der Waals surface area (Å²) in [7, 11) is 1.46. The topological polar surface area (TPSA) is 47.3 Å². The van der Waals surface area contributed by atoms with Crippen LogP contribution in [0.5, 0.6) is 5.75 Å². The Morgan fingerprint density at radius 2 is 2.21 bits per heavy atom. The first kappa shape index (κ1) is 13.8. The van der Waals surface area contributed by atoms with Crippen LogP contribution in [0, 0.1) is 5.82 Å². The predicted octanol–water partition coefficient (Wildman–Crippen LogP) is 3.33. The summed E-state index contributed by atoms with van der Waals surface area (Å²) < 4.78 is 18.5. The molecule has 0 saturated carbocycles. The molecular weight excluding hydrogens is 263 g/mol. The Morgan fingerprint density at radius 3 is 2.79 bits per heavy atom. The molecule has 1 heterocycles. The third-order valence-corrected chi connectivity index (χ3v) is 3.96. The van der Waals surface area contributed by atoms with Crippen molar-refractivity contribution in [3.05, 3.63) is 45.9 Å². The minimum absolute atomic E-state index is 0.0434. The molecule has 0 spiro atoms. The molecule has 1 aromatic carbocycles. The Hall–Kier alpha value is -1.59. The first-order valence-electron chi connectivity index (χ1n) is 6.00. The van der Waals surface area contributed by atoms with Gasteiger partial charge in [0.1, 0.15) is 0 Å². The summed E-state index contributed by atoms with van der Waals surface area (Å²) in [6, 6.07) is 6.93. The fourth-order valence-electron chi connectivity index (χ4n) is 1.81. The van der Waals surface area contributed by atoms with E-state index in [9.17, 15) is 4.39 Å². The van der Waals surface area contributed by atoms with Crippen LogP contribution in [0.25, 0.3) is 0 Å². The van der Waals surface area contributed by atoms with Gasteiger partial charge in [-0.2, -0.15) is 0 Å². The van der Waals surface area contributed by atoms with Gasteiger partial charge in [-0.3, -0.25) is 0 Å². The molecule has 0 aliphatic rings. The van der Waals surface area contributed by atoms with Gasteiger partial charge in [-0.05, 0) is 36.1 Å². The Balaban J connectivity index is 2.02. The summed E-state index contributed by atoms with van der Waals surface area (Å²) in [5, 5.41) is 5.29. The normalized spacial score (nSPS) is 12.4. The van der Waals surface area contributed by atoms with Gasteiger partial charge < -0.3 is 15.8 Å². The van der Waals surface area contributed by atoms with E-state index in [1.54, 1.807) is 17.4 Å². The molecule has 2 aromatic rings. The van der Waals surface area contributed by atoms with Crippen LogP contribution in [0.15, 0.2) is 29.6 Å². The fourth-order valence-corrected chi connectivity index (χ4v) is 2.56. The molecule has 0 aliphatic heterocycles. The zero-order valence-corrected chi connectivity index (χ0v) is 11.8. The first-order valence-corrected chi connectivity index (χ1v) is 6.88. The maximum atomic E-state index is 13.6. The summed E-state index contributed by atoms with van der Waals surface area (Å²) in [5.41, 5.74) is 7.50. The number of anilines is 1.